The van der Waals surface area contributed by atoms with Crippen molar-refractivity contribution in [3.05, 3.63) is 23.2 Å². The lowest BCUT2D eigenvalue weighted by molar-refractivity contribution is 0.314. The first kappa shape index (κ1) is 15.1. The number of rotatable bonds is 5. The minimum Gasteiger partial charge on any atom is -0.398 e. The lowest BCUT2D eigenvalue weighted by Crippen LogP contribution is -2.31. The molecule has 1 saturated carbocycles. The molecule has 1 aromatic rings. The molecule has 1 heterocycles. The number of halogens is 1. The van der Waals surface area contributed by atoms with Gasteiger partial charge in [0, 0.05) is 24.2 Å². The lowest BCUT2D eigenvalue weighted by Gasteiger charge is -2.15. The van der Waals surface area contributed by atoms with E-state index in [4.69, 9.17) is 17.3 Å². The Morgan fingerprint density at radius 2 is 2.10 bits per heavy atom. The number of hydrogen-bond donors (Lipinski definition) is 2. The van der Waals surface area contributed by atoms with E-state index in [0.29, 0.717) is 17.5 Å². The van der Waals surface area contributed by atoms with Gasteiger partial charge in [0.25, 0.3) is 0 Å². The number of nitrogens with two attached hydrogens (primary N) is 1. The van der Waals surface area contributed by atoms with Gasteiger partial charge in [0.05, 0.1) is 5.69 Å². The van der Waals surface area contributed by atoms with Crippen LogP contribution in [0.15, 0.2) is 23.1 Å². The van der Waals surface area contributed by atoms with Crippen molar-refractivity contribution >= 4 is 27.3 Å². The second kappa shape index (κ2) is 5.76. The molecule has 3 rings (SSSR count). The molecule has 116 valence electrons. The van der Waals surface area contributed by atoms with E-state index in [1.807, 2.05) is 0 Å². The lowest BCUT2D eigenvalue weighted by atomic mass is 10.1. The summed E-state index contributed by atoms with van der Waals surface area (Å²) in [6.07, 6.45) is 3.63. The van der Waals surface area contributed by atoms with Crippen LogP contribution in [0.2, 0.25) is 5.02 Å². The van der Waals surface area contributed by atoms with Crippen LogP contribution in [0.3, 0.4) is 0 Å². The average molecular weight is 330 g/mol. The molecule has 1 aliphatic heterocycles. The fourth-order valence-corrected chi connectivity index (χ4v) is 4.28. The predicted molar refractivity (Wildman–Crippen MR) is 83.8 cm³/mol. The number of benzene rings is 1. The van der Waals surface area contributed by atoms with Crippen molar-refractivity contribution in [3.8, 4) is 0 Å². The first-order chi connectivity index (χ1) is 9.95. The molecule has 7 heteroatoms. The van der Waals surface area contributed by atoms with E-state index < -0.39 is 10.0 Å². The molecular formula is C14H20ClN3O2S. The van der Waals surface area contributed by atoms with Crippen molar-refractivity contribution in [2.75, 3.05) is 25.4 Å². The second-order valence-electron chi connectivity index (χ2n) is 5.91. The Labute approximate surface area is 130 Å². The zero-order valence-electron chi connectivity index (χ0n) is 11.8. The number of anilines is 1. The third-order valence-electron chi connectivity index (χ3n) is 4.20. The van der Waals surface area contributed by atoms with E-state index in [2.05, 4.69) is 9.62 Å². The quantitative estimate of drug-likeness (QED) is 0.806. The third kappa shape index (κ3) is 3.51. The van der Waals surface area contributed by atoms with Gasteiger partial charge in [0.15, 0.2) is 0 Å². The Hall–Kier alpha value is -0.820. The molecule has 0 spiro atoms. The van der Waals surface area contributed by atoms with Crippen molar-refractivity contribution in [1.29, 1.82) is 0 Å². The van der Waals surface area contributed by atoms with E-state index in [9.17, 15) is 8.42 Å². The molecule has 1 unspecified atom stereocenters. The Morgan fingerprint density at radius 3 is 2.76 bits per heavy atom. The molecule has 0 aromatic heterocycles. The molecule has 1 atom stereocenters. The van der Waals surface area contributed by atoms with Gasteiger partial charge >= 0.3 is 0 Å². The van der Waals surface area contributed by atoms with Crippen molar-refractivity contribution in [3.63, 3.8) is 0 Å². The zero-order valence-corrected chi connectivity index (χ0v) is 13.3. The van der Waals surface area contributed by atoms with Crippen molar-refractivity contribution in [2.45, 2.75) is 30.2 Å². The minimum absolute atomic E-state index is 0.101. The summed E-state index contributed by atoms with van der Waals surface area (Å²) in [6, 6.07) is 5.20. The highest BCUT2D eigenvalue weighted by Gasteiger charge is 2.34. The topological polar surface area (TPSA) is 75.4 Å². The Morgan fingerprint density at radius 1 is 1.33 bits per heavy atom. The van der Waals surface area contributed by atoms with Gasteiger partial charge in [-0.05, 0) is 49.9 Å². The van der Waals surface area contributed by atoms with E-state index in [0.717, 1.165) is 25.6 Å². The molecule has 0 amide bonds. The van der Waals surface area contributed by atoms with Crippen LogP contribution < -0.4 is 10.5 Å². The molecule has 5 nitrogen and oxygen atoms in total. The molecular weight excluding hydrogens is 310 g/mol. The van der Waals surface area contributed by atoms with Crippen LogP contribution in [0.1, 0.15) is 19.3 Å². The molecule has 1 aromatic carbocycles. The van der Waals surface area contributed by atoms with E-state index in [1.54, 1.807) is 0 Å². The van der Waals surface area contributed by atoms with Crippen LogP contribution in [0.4, 0.5) is 5.69 Å². The van der Waals surface area contributed by atoms with Gasteiger partial charge in [-0.1, -0.05) is 11.6 Å². The van der Waals surface area contributed by atoms with Crippen LogP contribution in [0, 0.1) is 5.92 Å². The third-order valence-corrected chi connectivity index (χ3v) is 5.94. The summed E-state index contributed by atoms with van der Waals surface area (Å²) in [5.74, 6) is 0.383. The summed E-state index contributed by atoms with van der Waals surface area (Å²) in [5.41, 5.74) is 5.93. The van der Waals surface area contributed by atoms with Gasteiger partial charge in [-0.25, -0.2) is 13.1 Å². The second-order valence-corrected chi connectivity index (χ2v) is 8.09. The molecule has 1 saturated heterocycles. The first-order valence-electron chi connectivity index (χ1n) is 7.24. The Balaban J connectivity index is 1.61. The molecule has 2 fully saturated rings. The summed E-state index contributed by atoms with van der Waals surface area (Å²) in [4.78, 5) is 2.57. The maximum Gasteiger partial charge on any atom is 0.242 e. The molecule has 2 aliphatic rings. The highest BCUT2D eigenvalue weighted by atomic mass is 35.5. The standard InChI is InChI=1S/C14H20ClN3O2S/c15-11-1-4-14(13(16)7-11)21(19,20)17-8-10-5-6-18(9-10)12-2-3-12/h1,4,7,10,12,17H,2-3,5-6,8-9,16H2. The van der Waals surface area contributed by atoms with E-state index >= 15 is 0 Å². The number of likely N-dealkylation sites (tertiary alicyclic amines) is 1. The number of hydrogen-bond acceptors (Lipinski definition) is 4. The zero-order chi connectivity index (χ0) is 15.0. The molecule has 3 N–H and O–H groups in total. The fourth-order valence-electron chi connectivity index (χ4n) is 2.87. The number of nitrogen functional groups attached to an aromatic ring is 1. The number of sulfonamides is 1. The average Bonchev–Trinajstić information content (AvgIpc) is 3.15. The predicted octanol–water partition coefficient (Wildman–Crippen LogP) is 1.68. The van der Waals surface area contributed by atoms with Gasteiger partial charge in [-0.2, -0.15) is 0 Å². The SMILES string of the molecule is Nc1cc(Cl)ccc1S(=O)(=O)NCC1CCN(C2CC2)C1. The Kier molecular flexibility index (Phi) is 4.14. The largest absolute Gasteiger partial charge is 0.398 e. The van der Waals surface area contributed by atoms with Gasteiger partial charge in [0.1, 0.15) is 4.90 Å². The van der Waals surface area contributed by atoms with Crippen LogP contribution in [-0.2, 0) is 10.0 Å². The van der Waals surface area contributed by atoms with Gasteiger partial charge in [-0.15, -0.1) is 0 Å². The van der Waals surface area contributed by atoms with Crippen LogP contribution >= 0.6 is 11.6 Å². The highest BCUT2D eigenvalue weighted by Crippen LogP contribution is 2.31. The monoisotopic (exact) mass is 329 g/mol. The van der Waals surface area contributed by atoms with Crippen LogP contribution in [-0.4, -0.2) is 39.0 Å². The highest BCUT2D eigenvalue weighted by molar-refractivity contribution is 7.89. The van der Waals surface area contributed by atoms with Crippen LogP contribution in [0.5, 0.6) is 0 Å². The minimum atomic E-state index is -3.57. The Bertz CT molecular complexity index is 631. The van der Waals surface area contributed by atoms with Crippen LogP contribution in [0.25, 0.3) is 0 Å². The maximum absolute atomic E-state index is 12.3. The van der Waals surface area contributed by atoms with Crippen molar-refractivity contribution in [1.82, 2.24) is 9.62 Å². The smallest absolute Gasteiger partial charge is 0.242 e. The number of nitrogens with one attached hydrogen (secondary N) is 1. The molecule has 1 aliphatic carbocycles. The molecule has 21 heavy (non-hydrogen) atoms. The summed E-state index contributed by atoms with van der Waals surface area (Å²) in [7, 11) is -3.57. The first-order valence-corrected chi connectivity index (χ1v) is 9.10. The van der Waals surface area contributed by atoms with E-state index in [1.165, 1.54) is 31.0 Å². The van der Waals surface area contributed by atoms with Gasteiger partial charge in [-0.3, -0.25) is 0 Å². The maximum atomic E-state index is 12.3. The molecule has 0 bridgehead atoms. The van der Waals surface area contributed by atoms with E-state index in [-0.39, 0.29) is 10.6 Å². The van der Waals surface area contributed by atoms with Crippen molar-refractivity contribution in [2.24, 2.45) is 5.92 Å². The summed E-state index contributed by atoms with van der Waals surface area (Å²) >= 11 is 5.80. The normalized spacial score (nSPS) is 23.6. The summed E-state index contributed by atoms with van der Waals surface area (Å²) < 4.78 is 27.3. The number of nitrogens with zero attached hydrogens (tertiary/aromatic N) is 1. The van der Waals surface area contributed by atoms with Gasteiger partial charge < -0.3 is 10.6 Å². The fraction of sp³-hybridized carbons (Fsp3) is 0.571. The van der Waals surface area contributed by atoms with Crippen molar-refractivity contribution < 1.29 is 8.42 Å². The molecule has 0 radical (unpaired) electrons. The summed E-state index contributed by atoms with van der Waals surface area (Å²) in [5, 5.41) is 0.433. The summed E-state index contributed by atoms with van der Waals surface area (Å²) in [6.45, 7) is 2.54. The van der Waals surface area contributed by atoms with Gasteiger partial charge in [0.2, 0.25) is 10.0 Å².